The zero-order valence-corrected chi connectivity index (χ0v) is 19.4. The molecule has 0 bridgehead atoms. The van der Waals surface area contributed by atoms with Gasteiger partial charge in [0.25, 0.3) is 0 Å². The van der Waals surface area contributed by atoms with E-state index >= 15 is 0 Å². The third-order valence-electron chi connectivity index (χ3n) is 5.19. The predicted molar refractivity (Wildman–Crippen MR) is 131 cm³/mol. The highest BCUT2D eigenvalue weighted by Gasteiger charge is 2.12. The van der Waals surface area contributed by atoms with Gasteiger partial charge in [-0.2, -0.15) is 0 Å². The summed E-state index contributed by atoms with van der Waals surface area (Å²) in [6.07, 6.45) is 1.00. The van der Waals surface area contributed by atoms with E-state index in [9.17, 15) is 0 Å². The Kier molecular flexibility index (Phi) is 8.16. The van der Waals surface area contributed by atoms with E-state index in [1.165, 1.54) is 11.1 Å². The van der Waals surface area contributed by atoms with E-state index < -0.39 is 0 Å². The van der Waals surface area contributed by atoms with Crippen LogP contribution in [0.25, 0.3) is 11.1 Å². The molecular weight excluding hydrogens is 406 g/mol. The molecule has 0 saturated carbocycles. The molecule has 0 aliphatic rings. The monoisotopic (exact) mass is 435 g/mol. The summed E-state index contributed by atoms with van der Waals surface area (Å²) >= 11 is 6.14. The standard InChI is InChI=1S/C27H30ClNO2/c1-20(21-8-14-25(30-4)15-9-21)27(22-6-12-24(28)13-7-22)23-10-16-26(17-11-23)31-19-5-18-29(2)3/h6-17H,5,18-19H2,1-4H3/b27-20+. The van der Waals surface area contributed by atoms with Gasteiger partial charge in [-0.1, -0.05) is 48.0 Å². The largest absolute Gasteiger partial charge is 0.497 e. The normalized spacial score (nSPS) is 11.9. The van der Waals surface area contributed by atoms with E-state index in [1.54, 1.807) is 7.11 Å². The van der Waals surface area contributed by atoms with Gasteiger partial charge >= 0.3 is 0 Å². The lowest BCUT2D eigenvalue weighted by atomic mass is 9.90. The summed E-state index contributed by atoms with van der Waals surface area (Å²) < 4.78 is 11.2. The first-order chi connectivity index (χ1) is 15.0. The minimum Gasteiger partial charge on any atom is -0.497 e. The predicted octanol–water partition coefficient (Wildman–Crippen LogP) is 6.66. The van der Waals surface area contributed by atoms with Crippen LogP contribution in [0.15, 0.2) is 72.8 Å². The zero-order chi connectivity index (χ0) is 22.2. The van der Waals surface area contributed by atoms with Crippen molar-refractivity contribution in [2.75, 3.05) is 34.4 Å². The Bertz CT molecular complexity index is 991. The molecule has 0 heterocycles. The Morgan fingerprint density at radius 3 is 1.84 bits per heavy atom. The maximum Gasteiger partial charge on any atom is 0.119 e. The first-order valence-electron chi connectivity index (χ1n) is 10.5. The summed E-state index contributed by atoms with van der Waals surface area (Å²) in [7, 11) is 5.83. The van der Waals surface area contributed by atoms with Gasteiger partial charge in [-0.25, -0.2) is 0 Å². The SMILES string of the molecule is COc1ccc(/C(C)=C(\c2ccc(Cl)cc2)c2ccc(OCCCN(C)C)cc2)cc1. The number of ether oxygens (including phenoxy) is 2. The van der Waals surface area contributed by atoms with Crippen LogP contribution in [0.3, 0.4) is 0 Å². The van der Waals surface area contributed by atoms with Gasteiger partial charge in [0.1, 0.15) is 11.5 Å². The van der Waals surface area contributed by atoms with Crippen molar-refractivity contribution in [2.24, 2.45) is 0 Å². The fourth-order valence-electron chi connectivity index (χ4n) is 3.49. The molecule has 0 spiro atoms. The smallest absolute Gasteiger partial charge is 0.119 e. The lowest BCUT2D eigenvalue weighted by Gasteiger charge is -2.16. The maximum absolute atomic E-state index is 6.14. The van der Waals surface area contributed by atoms with Crippen LogP contribution in [0.4, 0.5) is 0 Å². The molecule has 3 aromatic rings. The van der Waals surface area contributed by atoms with Crippen LogP contribution in [-0.4, -0.2) is 39.3 Å². The van der Waals surface area contributed by atoms with Crippen molar-refractivity contribution in [2.45, 2.75) is 13.3 Å². The Hall–Kier alpha value is -2.75. The number of benzene rings is 3. The van der Waals surface area contributed by atoms with E-state index in [4.69, 9.17) is 21.1 Å². The van der Waals surface area contributed by atoms with Crippen LogP contribution in [0.5, 0.6) is 11.5 Å². The summed E-state index contributed by atoms with van der Waals surface area (Å²) in [5.74, 6) is 1.74. The molecule has 0 fully saturated rings. The Labute approximate surface area is 190 Å². The van der Waals surface area contributed by atoms with Gasteiger partial charge in [-0.3, -0.25) is 0 Å². The molecule has 0 N–H and O–H groups in total. The molecule has 3 rings (SSSR count). The van der Waals surface area contributed by atoms with Crippen LogP contribution in [0.1, 0.15) is 30.0 Å². The number of halogens is 1. The fourth-order valence-corrected chi connectivity index (χ4v) is 3.62. The van der Waals surface area contributed by atoms with Crippen molar-refractivity contribution in [1.29, 1.82) is 0 Å². The van der Waals surface area contributed by atoms with Crippen molar-refractivity contribution in [3.63, 3.8) is 0 Å². The molecule has 0 atom stereocenters. The molecule has 0 aliphatic heterocycles. The van der Waals surface area contributed by atoms with E-state index in [1.807, 2.05) is 36.4 Å². The quantitative estimate of drug-likeness (QED) is 0.277. The molecule has 0 unspecified atom stereocenters. The average molecular weight is 436 g/mol. The molecule has 0 saturated heterocycles. The van der Waals surface area contributed by atoms with Gasteiger partial charge in [-0.05, 0) is 91.7 Å². The number of methoxy groups -OCH3 is 1. The summed E-state index contributed by atoms with van der Waals surface area (Å²) in [5, 5.41) is 0.728. The molecule has 31 heavy (non-hydrogen) atoms. The molecule has 0 radical (unpaired) electrons. The minimum atomic E-state index is 0.711. The fraction of sp³-hybridized carbons (Fsp3) is 0.259. The van der Waals surface area contributed by atoms with Crippen molar-refractivity contribution in [3.05, 3.63) is 94.5 Å². The van der Waals surface area contributed by atoms with Crippen molar-refractivity contribution < 1.29 is 9.47 Å². The Balaban J connectivity index is 1.92. The highest BCUT2D eigenvalue weighted by Crippen LogP contribution is 2.34. The maximum atomic E-state index is 6.14. The second kappa shape index (κ2) is 11.0. The van der Waals surface area contributed by atoms with Crippen molar-refractivity contribution in [1.82, 2.24) is 4.90 Å². The van der Waals surface area contributed by atoms with Crippen LogP contribution in [-0.2, 0) is 0 Å². The summed E-state index contributed by atoms with van der Waals surface area (Å²) in [5.41, 5.74) is 5.76. The van der Waals surface area contributed by atoms with Gasteiger partial charge < -0.3 is 14.4 Å². The lowest BCUT2D eigenvalue weighted by Crippen LogP contribution is -2.15. The highest BCUT2D eigenvalue weighted by molar-refractivity contribution is 6.30. The Morgan fingerprint density at radius 1 is 0.774 bits per heavy atom. The van der Waals surface area contributed by atoms with Gasteiger partial charge in [0.05, 0.1) is 13.7 Å². The zero-order valence-electron chi connectivity index (χ0n) is 18.7. The van der Waals surface area contributed by atoms with Crippen molar-refractivity contribution in [3.8, 4) is 11.5 Å². The first kappa shape index (κ1) is 22.9. The molecule has 3 aromatic carbocycles. The summed E-state index contributed by atoms with van der Waals surface area (Å²) in [4.78, 5) is 2.16. The molecule has 0 aliphatic carbocycles. The van der Waals surface area contributed by atoms with Crippen molar-refractivity contribution >= 4 is 22.7 Å². The van der Waals surface area contributed by atoms with E-state index in [2.05, 4.69) is 62.3 Å². The van der Waals surface area contributed by atoms with Gasteiger partial charge in [0, 0.05) is 11.6 Å². The molecule has 0 aromatic heterocycles. The van der Waals surface area contributed by atoms with E-state index in [0.29, 0.717) is 6.61 Å². The molecule has 3 nitrogen and oxygen atoms in total. The lowest BCUT2D eigenvalue weighted by molar-refractivity contribution is 0.281. The highest BCUT2D eigenvalue weighted by atomic mass is 35.5. The summed E-state index contributed by atoms with van der Waals surface area (Å²) in [6, 6.07) is 24.5. The van der Waals surface area contributed by atoms with Gasteiger partial charge in [0.15, 0.2) is 0 Å². The van der Waals surface area contributed by atoms with Crippen LogP contribution < -0.4 is 9.47 Å². The minimum absolute atomic E-state index is 0.711. The average Bonchev–Trinajstić information content (AvgIpc) is 2.79. The second-order valence-corrected chi connectivity index (χ2v) is 8.20. The third kappa shape index (κ3) is 6.36. The van der Waals surface area contributed by atoms with Gasteiger partial charge in [-0.15, -0.1) is 0 Å². The molecule has 0 amide bonds. The number of rotatable bonds is 9. The Morgan fingerprint density at radius 2 is 1.29 bits per heavy atom. The van der Waals surface area contributed by atoms with E-state index in [0.717, 1.165) is 46.2 Å². The number of hydrogen-bond acceptors (Lipinski definition) is 3. The van der Waals surface area contributed by atoms with Gasteiger partial charge in [0.2, 0.25) is 0 Å². The molecule has 162 valence electrons. The second-order valence-electron chi connectivity index (χ2n) is 7.77. The number of nitrogens with zero attached hydrogens (tertiary/aromatic N) is 1. The van der Waals surface area contributed by atoms with Crippen LogP contribution >= 0.6 is 11.6 Å². The molecule has 4 heteroatoms. The summed E-state index contributed by atoms with van der Waals surface area (Å²) in [6.45, 7) is 3.88. The molecular formula is C27H30ClNO2. The first-order valence-corrected chi connectivity index (χ1v) is 10.8. The number of allylic oxidation sites excluding steroid dienone is 1. The van der Waals surface area contributed by atoms with Crippen LogP contribution in [0, 0.1) is 0 Å². The number of hydrogen-bond donors (Lipinski definition) is 0. The third-order valence-corrected chi connectivity index (χ3v) is 5.44. The van der Waals surface area contributed by atoms with Crippen LogP contribution in [0.2, 0.25) is 5.02 Å². The van der Waals surface area contributed by atoms with E-state index in [-0.39, 0.29) is 0 Å². The topological polar surface area (TPSA) is 21.7 Å².